The number of rotatable bonds is 3. The van der Waals surface area contributed by atoms with Crippen LogP contribution in [0.5, 0.6) is 0 Å². The lowest BCUT2D eigenvalue weighted by Gasteiger charge is -2.25. The maximum absolute atomic E-state index is 6.60. The summed E-state index contributed by atoms with van der Waals surface area (Å²) in [6.45, 7) is 0. The van der Waals surface area contributed by atoms with Crippen molar-refractivity contribution >= 4 is 39.1 Å². The van der Waals surface area contributed by atoms with Gasteiger partial charge in [-0.25, -0.2) is 4.98 Å². The topological polar surface area (TPSA) is 47.1 Å². The molecule has 5 aromatic carbocycles. The molecular formula is C38H24N4O. The lowest BCUT2D eigenvalue weighted by Crippen LogP contribution is -2.10. The number of aromatic nitrogens is 3. The average Bonchev–Trinajstić information content (AvgIpc) is 3.62. The summed E-state index contributed by atoms with van der Waals surface area (Å²) >= 11 is 0. The molecule has 1 aliphatic rings. The highest BCUT2D eigenvalue weighted by Crippen LogP contribution is 2.54. The molecule has 5 nitrogen and oxygen atoms in total. The summed E-state index contributed by atoms with van der Waals surface area (Å²) in [5, 5.41) is 1.05. The monoisotopic (exact) mass is 552 g/mol. The summed E-state index contributed by atoms with van der Waals surface area (Å²) < 4.78 is 8.85. The van der Waals surface area contributed by atoms with Gasteiger partial charge in [-0.05, 0) is 60.2 Å². The molecule has 0 unspecified atom stereocenters. The Labute approximate surface area is 247 Å². The largest absolute Gasteiger partial charge is 0.454 e. The summed E-state index contributed by atoms with van der Waals surface area (Å²) in [5.41, 5.74) is 11.2. The van der Waals surface area contributed by atoms with Gasteiger partial charge in [0.15, 0.2) is 5.76 Å². The van der Waals surface area contributed by atoms with Gasteiger partial charge in [0.05, 0.1) is 16.7 Å². The van der Waals surface area contributed by atoms with Gasteiger partial charge in [0, 0.05) is 45.8 Å². The molecule has 0 saturated carbocycles. The molecule has 5 heteroatoms. The summed E-state index contributed by atoms with van der Waals surface area (Å²) in [6.07, 6.45) is 3.76. The third-order valence-electron chi connectivity index (χ3n) is 8.24. The summed E-state index contributed by atoms with van der Waals surface area (Å²) in [7, 11) is 0. The molecule has 0 atom stereocenters. The van der Waals surface area contributed by atoms with E-state index in [1.165, 1.54) is 0 Å². The third kappa shape index (κ3) is 3.58. The molecule has 0 spiro atoms. The van der Waals surface area contributed by atoms with Gasteiger partial charge in [-0.3, -0.25) is 9.55 Å². The Morgan fingerprint density at radius 1 is 0.605 bits per heavy atom. The van der Waals surface area contributed by atoms with E-state index in [1.807, 2.05) is 36.7 Å². The number of furan rings is 1. The first-order chi connectivity index (χ1) is 21.3. The van der Waals surface area contributed by atoms with Crippen molar-refractivity contribution in [1.29, 1.82) is 0 Å². The fourth-order valence-electron chi connectivity index (χ4n) is 6.36. The fourth-order valence-corrected chi connectivity index (χ4v) is 6.36. The number of hydrogen-bond acceptors (Lipinski definition) is 4. The Morgan fingerprint density at radius 2 is 1.37 bits per heavy atom. The molecule has 0 radical (unpaired) electrons. The van der Waals surface area contributed by atoms with Crippen molar-refractivity contribution in [2.45, 2.75) is 0 Å². The maximum Gasteiger partial charge on any atom is 0.161 e. The van der Waals surface area contributed by atoms with Gasteiger partial charge >= 0.3 is 0 Å². The Hall–Kier alpha value is -5.94. The molecule has 0 fully saturated rings. The van der Waals surface area contributed by atoms with E-state index in [0.717, 1.165) is 78.6 Å². The van der Waals surface area contributed by atoms with Crippen molar-refractivity contribution in [1.82, 2.24) is 14.5 Å². The first kappa shape index (κ1) is 23.7. The molecule has 0 amide bonds. The van der Waals surface area contributed by atoms with Crippen LogP contribution in [0, 0.1) is 0 Å². The van der Waals surface area contributed by atoms with E-state index in [2.05, 4.69) is 124 Å². The highest BCUT2D eigenvalue weighted by molar-refractivity contribution is 6.10. The Balaban J connectivity index is 1.34. The van der Waals surface area contributed by atoms with Crippen LogP contribution in [0.2, 0.25) is 0 Å². The first-order valence-electron chi connectivity index (χ1n) is 14.3. The van der Waals surface area contributed by atoms with Gasteiger partial charge < -0.3 is 9.32 Å². The first-order valence-corrected chi connectivity index (χ1v) is 14.3. The van der Waals surface area contributed by atoms with Gasteiger partial charge in [-0.2, -0.15) is 0 Å². The number of fused-ring (bicyclic) bond motifs is 8. The van der Waals surface area contributed by atoms with Crippen LogP contribution in [0.1, 0.15) is 0 Å². The normalized spacial score (nSPS) is 12.1. The van der Waals surface area contributed by atoms with Crippen molar-refractivity contribution in [2.75, 3.05) is 4.90 Å². The molecule has 0 N–H and O–H groups in total. The molecular weight excluding hydrogens is 528 g/mol. The Bertz CT molecular complexity index is 2300. The number of nitrogens with zero attached hydrogens (tertiary/aromatic N) is 4. The predicted octanol–water partition coefficient (Wildman–Crippen LogP) is 9.95. The quantitative estimate of drug-likeness (QED) is 0.219. The second-order valence-electron chi connectivity index (χ2n) is 10.7. The number of hydrogen-bond donors (Lipinski definition) is 0. The molecule has 3 aromatic heterocycles. The standard InChI is InChI=1S/C38H24N4O/c1-3-11-25(12-4-1)38-40-32-23-27(19-20-34(32)42(38)26-13-5-2-6-14-26)41-33-17-9-7-15-29(33)28-21-22-39-24-31(28)37-36(41)30-16-8-10-18-35(30)43-37/h1-24H. The Kier molecular flexibility index (Phi) is 5.13. The van der Waals surface area contributed by atoms with Gasteiger partial charge in [-0.15, -0.1) is 0 Å². The van der Waals surface area contributed by atoms with Gasteiger partial charge in [0.1, 0.15) is 17.1 Å². The van der Waals surface area contributed by atoms with E-state index < -0.39 is 0 Å². The van der Waals surface area contributed by atoms with Gasteiger partial charge in [0.2, 0.25) is 0 Å². The molecule has 1 aliphatic heterocycles. The molecule has 43 heavy (non-hydrogen) atoms. The molecule has 4 heterocycles. The lowest BCUT2D eigenvalue weighted by molar-refractivity contribution is 0.632. The van der Waals surface area contributed by atoms with Crippen LogP contribution in [-0.4, -0.2) is 14.5 Å². The van der Waals surface area contributed by atoms with Crippen molar-refractivity contribution in [3.8, 4) is 39.5 Å². The van der Waals surface area contributed by atoms with E-state index in [9.17, 15) is 0 Å². The molecule has 0 bridgehead atoms. The van der Waals surface area contributed by atoms with Crippen LogP contribution in [-0.2, 0) is 0 Å². The minimum absolute atomic E-state index is 0.806. The highest BCUT2D eigenvalue weighted by atomic mass is 16.3. The van der Waals surface area contributed by atoms with Crippen molar-refractivity contribution < 1.29 is 4.42 Å². The van der Waals surface area contributed by atoms with Crippen LogP contribution in [0.4, 0.5) is 17.1 Å². The molecule has 9 rings (SSSR count). The molecule has 0 saturated heterocycles. The smallest absolute Gasteiger partial charge is 0.161 e. The van der Waals surface area contributed by atoms with E-state index >= 15 is 0 Å². The second kappa shape index (κ2) is 9.29. The Morgan fingerprint density at radius 3 is 2.26 bits per heavy atom. The zero-order chi connectivity index (χ0) is 28.3. The average molecular weight is 553 g/mol. The molecule has 202 valence electrons. The minimum Gasteiger partial charge on any atom is -0.454 e. The zero-order valence-corrected chi connectivity index (χ0v) is 23.1. The fraction of sp³-hybridized carbons (Fsp3) is 0. The highest BCUT2D eigenvalue weighted by Gasteiger charge is 2.31. The molecule has 0 aliphatic carbocycles. The van der Waals surface area contributed by atoms with Crippen molar-refractivity contribution in [3.05, 3.63) is 146 Å². The zero-order valence-electron chi connectivity index (χ0n) is 23.1. The van der Waals surface area contributed by atoms with Crippen LogP contribution >= 0.6 is 0 Å². The number of anilines is 3. The number of benzene rings is 5. The minimum atomic E-state index is 0.806. The van der Waals surface area contributed by atoms with Crippen molar-refractivity contribution in [3.63, 3.8) is 0 Å². The molecule has 8 aromatic rings. The maximum atomic E-state index is 6.60. The summed E-state index contributed by atoms with van der Waals surface area (Å²) in [6, 6.07) is 46.2. The number of para-hydroxylation sites is 3. The third-order valence-corrected chi connectivity index (χ3v) is 8.24. The predicted molar refractivity (Wildman–Crippen MR) is 173 cm³/mol. The van der Waals surface area contributed by atoms with Gasteiger partial charge in [0.25, 0.3) is 0 Å². The van der Waals surface area contributed by atoms with E-state index in [-0.39, 0.29) is 0 Å². The summed E-state index contributed by atoms with van der Waals surface area (Å²) in [4.78, 5) is 12.1. The number of pyridine rings is 1. The van der Waals surface area contributed by atoms with E-state index in [4.69, 9.17) is 9.40 Å². The van der Waals surface area contributed by atoms with E-state index in [1.54, 1.807) is 0 Å². The lowest BCUT2D eigenvalue weighted by atomic mass is 10.00. The second-order valence-corrected chi connectivity index (χ2v) is 10.7. The van der Waals surface area contributed by atoms with Crippen LogP contribution in [0.15, 0.2) is 150 Å². The van der Waals surface area contributed by atoms with Crippen LogP contribution < -0.4 is 4.90 Å². The summed E-state index contributed by atoms with van der Waals surface area (Å²) in [5.74, 6) is 1.71. The number of imidazole rings is 1. The van der Waals surface area contributed by atoms with E-state index in [0.29, 0.717) is 0 Å². The SMILES string of the molecule is c1ccc(-c2nc3cc(N4c5ccccc5-c5ccncc5-c5oc6ccccc6c54)ccc3n2-c2ccccc2)cc1. The van der Waals surface area contributed by atoms with Gasteiger partial charge in [-0.1, -0.05) is 78.9 Å². The van der Waals surface area contributed by atoms with Crippen LogP contribution in [0.3, 0.4) is 0 Å². The van der Waals surface area contributed by atoms with Crippen LogP contribution in [0.25, 0.3) is 61.5 Å². The van der Waals surface area contributed by atoms with Crippen molar-refractivity contribution in [2.24, 2.45) is 0 Å².